The molecule has 1 saturated heterocycles. The lowest BCUT2D eigenvalue weighted by atomic mass is 9.83. The van der Waals surface area contributed by atoms with Gasteiger partial charge in [0.15, 0.2) is 0 Å². The third-order valence-corrected chi connectivity index (χ3v) is 10.8. The summed E-state index contributed by atoms with van der Waals surface area (Å²) in [5.41, 5.74) is 1.48. The number of Topliss-reactive ketones (excluding diaryl/α,β-unsaturated/α-hetero) is 1. The van der Waals surface area contributed by atoms with Crippen LogP contribution in [-0.4, -0.2) is 116 Å². The normalized spacial score (nSPS) is 21.6. The molecule has 57 heavy (non-hydrogen) atoms. The number of hydrogen-bond donors (Lipinski definition) is 4. The monoisotopic (exact) mass is 788 g/mol. The molecule has 2 heterocycles. The van der Waals surface area contributed by atoms with Gasteiger partial charge >= 0.3 is 0 Å². The van der Waals surface area contributed by atoms with Gasteiger partial charge in [-0.1, -0.05) is 75.1 Å². The molecule has 4 bridgehead atoms. The molecule has 15 nitrogen and oxygen atoms in total. The summed E-state index contributed by atoms with van der Waals surface area (Å²) in [6.07, 6.45) is 5.22. The summed E-state index contributed by atoms with van der Waals surface area (Å²) in [5.74, 6) is -3.83. The molecule has 2 fully saturated rings. The van der Waals surface area contributed by atoms with Gasteiger partial charge in [0.2, 0.25) is 35.3 Å². The standard InChI is InChI=1S/C42H56N6O9/c1-4-12-32(38(51)40(53)43-25-35(50)46-36(41(54)47(2)3)28-14-7-5-8-15-28)44-39(52)33-24-31-26-48(33)42(55)37(29-16-9-6-10-17-29)45-34(49)20-19-27-13-11-18-30(23-27)56-21-22-57-31/h5,7-8,11,13-15,18,23,29,31-33,36-37H,4,6,9-10,12,16-17,19-22,24-26H2,1-3H3,(H,43,53)(H,44,52)(H,45,49)(H,46,50)/t31-,32-,33+,36+,37+/m1/s1. The molecule has 0 spiro atoms. The quantitative estimate of drug-likeness (QED) is 0.233. The highest BCUT2D eigenvalue weighted by Crippen LogP contribution is 2.30. The second-order valence-electron chi connectivity index (χ2n) is 15.2. The van der Waals surface area contributed by atoms with Crippen molar-refractivity contribution in [3.63, 3.8) is 0 Å². The first-order chi connectivity index (χ1) is 27.4. The van der Waals surface area contributed by atoms with Crippen molar-refractivity contribution >= 4 is 41.2 Å². The third kappa shape index (κ3) is 11.9. The lowest BCUT2D eigenvalue weighted by molar-refractivity contribution is -0.144. The maximum Gasteiger partial charge on any atom is 0.290 e. The average Bonchev–Trinajstić information content (AvgIpc) is 3.66. The largest absolute Gasteiger partial charge is 0.491 e. The molecular weight excluding hydrogens is 732 g/mol. The van der Waals surface area contributed by atoms with Crippen molar-refractivity contribution in [3.05, 3.63) is 65.7 Å². The van der Waals surface area contributed by atoms with Crippen LogP contribution in [0.15, 0.2) is 54.6 Å². The van der Waals surface area contributed by atoms with Gasteiger partial charge in [0, 0.05) is 33.5 Å². The number of rotatable bonds is 12. The predicted molar refractivity (Wildman–Crippen MR) is 209 cm³/mol. The minimum Gasteiger partial charge on any atom is -0.491 e. The highest BCUT2D eigenvalue weighted by atomic mass is 16.5. The van der Waals surface area contributed by atoms with Crippen molar-refractivity contribution in [2.45, 2.75) is 101 Å². The molecule has 2 aromatic rings. The lowest BCUT2D eigenvalue weighted by Gasteiger charge is -2.35. The summed E-state index contributed by atoms with van der Waals surface area (Å²) in [6, 6.07) is 12.0. The fourth-order valence-corrected chi connectivity index (χ4v) is 7.74. The van der Waals surface area contributed by atoms with E-state index in [1.54, 1.807) is 51.4 Å². The van der Waals surface area contributed by atoms with Crippen LogP contribution < -0.4 is 26.0 Å². The van der Waals surface area contributed by atoms with Crippen molar-refractivity contribution in [2.75, 3.05) is 40.4 Å². The molecule has 0 unspecified atom stereocenters. The summed E-state index contributed by atoms with van der Waals surface area (Å²) in [6.45, 7) is 1.73. The van der Waals surface area contributed by atoms with Crippen LogP contribution in [0.5, 0.6) is 5.75 Å². The van der Waals surface area contributed by atoms with Gasteiger partial charge in [0.1, 0.15) is 30.5 Å². The summed E-state index contributed by atoms with van der Waals surface area (Å²) in [5, 5.41) is 10.7. The summed E-state index contributed by atoms with van der Waals surface area (Å²) in [4.78, 5) is 97.2. The van der Waals surface area contributed by atoms with Crippen molar-refractivity contribution in [1.82, 2.24) is 31.1 Å². The van der Waals surface area contributed by atoms with E-state index < -0.39 is 60.3 Å². The molecule has 0 aromatic heterocycles. The molecule has 4 N–H and O–H groups in total. The Morgan fingerprint density at radius 1 is 0.930 bits per heavy atom. The Bertz CT molecular complexity index is 1750. The summed E-state index contributed by atoms with van der Waals surface area (Å²) >= 11 is 0. The molecule has 1 aliphatic carbocycles. The van der Waals surface area contributed by atoms with Gasteiger partial charge in [-0.3, -0.25) is 33.6 Å². The fraction of sp³-hybridized carbons (Fsp3) is 0.548. The SMILES string of the molecule is CCC[C@@H](NC(=O)[C@@H]1C[C@@H]2CN1C(=O)[C@H](C1CCCCC1)NC(=O)CCc1cccc(c1)OCCO2)C(=O)C(=O)NCC(=O)N[C@H](C(=O)N(C)C)c1ccccc1. The molecule has 0 radical (unpaired) electrons. The van der Waals surface area contributed by atoms with Crippen molar-refractivity contribution in [1.29, 1.82) is 0 Å². The Morgan fingerprint density at radius 3 is 2.40 bits per heavy atom. The van der Waals surface area contributed by atoms with E-state index in [4.69, 9.17) is 9.47 Å². The molecule has 2 aliphatic heterocycles. The van der Waals surface area contributed by atoms with Gasteiger partial charge in [0.05, 0.1) is 25.3 Å². The van der Waals surface area contributed by atoms with E-state index in [1.165, 1.54) is 9.80 Å². The van der Waals surface area contributed by atoms with E-state index >= 15 is 0 Å². The average molecular weight is 789 g/mol. The van der Waals surface area contributed by atoms with E-state index in [0.717, 1.165) is 37.7 Å². The van der Waals surface area contributed by atoms with Gasteiger partial charge < -0.3 is 40.5 Å². The third-order valence-electron chi connectivity index (χ3n) is 10.8. The Hall–Kier alpha value is -5.31. The Morgan fingerprint density at radius 2 is 1.68 bits per heavy atom. The van der Waals surface area contributed by atoms with Crippen LogP contribution in [0.4, 0.5) is 0 Å². The molecule has 1 saturated carbocycles. The van der Waals surface area contributed by atoms with Crippen LogP contribution in [-0.2, 0) is 44.7 Å². The molecule has 2 aromatic carbocycles. The summed E-state index contributed by atoms with van der Waals surface area (Å²) in [7, 11) is 3.12. The zero-order valence-electron chi connectivity index (χ0n) is 33.1. The number of likely N-dealkylation sites (N-methyl/N-ethyl adjacent to an activating group) is 1. The molecule has 3 aliphatic rings. The van der Waals surface area contributed by atoms with Crippen LogP contribution in [0.3, 0.4) is 0 Å². The Labute approximate surface area is 333 Å². The molecule has 5 atom stereocenters. The van der Waals surface area contributed by atoms with Crippen LogP contribution >= 0.6 is 0 Å². The molecule has 6 amide bonds. The molecule has 308 valence electrons. The predicted octanol–water partition coefficient (Wildman–Crippen LogP) is 1.98. The summed E-state index contributed by atoms with van der Waals surface area (Å²) < 4.78 is 12.0. The van der Waals surface area contributed by atoms with Gasteiger partial charge in [-0.25, -0.2) is 0 Å². The zero-order chi connectivity index (χ0) is 40.9. The first kappa shape index (κ1) is 42.8. The minimum atomic E-state index is -1.24. The number of fused-ring (bicyclic) bond motifs is 4. The van der Waals surface area contributed by atoms with Crippen molar-refractivity contribution in [2.24, 2.45) is 5.92 Å². The van der Waals surface area contributed by atoms with Gasteiger partial charge in [-0.15, -0.1) is 0 Å². The van der Waals surface area contributed by atoms with E-state index in [0.29, 0.717) is 24.2 Å². The Kier molecular flexibility index (Phi) is 15.6. The number of benzene rings is 2. The smallest absolute Gasteiger partial charge is 0.290 e. The minimum absolute atomic E-state index is 0.0911. The molecule has 5 rings (SSSR count). The number of nitrogens with one attached hydrogen (secondary N) is 4. The highest BCUT2D eigenvalue weighted by Gasteiger charge is 2.45. The second-order valence-corrected chi connectivity index (χ2v) is 15.2. The number of ether oxygens (including phenoxy) is 2. The maximum absolute atomic E-state index is 14.5. The number of ketones is 1. The fourth-order valence-electron chi connectivity index (χ4n) is 7.74. The number of carbonyl (C=O) groups excluding carboxylic acids is 7. The van der Waals surface area contributed by atoms with E-state index in [-0.39, 0.29) is 62.7 Å². The zero-order valence-corrected chi connectivity index (χ0v) is 33.1. The van der Waals surface area contributed by atoms with Crippen molar-refractivity contribution < 1.29 is 43.0 Å². The van der Waals surface area contributed by atoms with Gasteiger partial charge in [0.25, 0.3) is 5.91 Å². The van der Waals surface area contributed by atoms with Crippen molar-refractivity contribution in [3.8, 4) is 5.75 Å². The highest BCUT2D eigenvalue weighted by molar-refractivity contribution is 6.38. The number of nitrogens with zero attached hydrogens (tertiary/aromatic N) is 2. The Balaban J connectivity index is 1.28. The van der Waals surface area contributed by atoms with E-state index in [2.05, 4.69) is 21.3 Å². The molecule has 15 heteroatoms. The van der Waals surface area contributed by atoms with Gasteiger partial charge in [-0.05, 0) is 54.9 Å². The lowest BCUT2D eigenvalue weighted by Crippen LogP contribution is -2.58. The van der Waals surface area contributed by atoms with Gasteiger partial charge in [-0.2, -0.15) is 0 Å². The number of amides is 6. The van der Waals surface area contributed by atoms with E-state index in [1.807, 2.05) is 24.3 Å². The van der Waals surface area contributed by atoms with Crippen LogP contribution in [0.1, 0.15) is 81.9 Å². The molecular formula is C42H56N6O9. The number of hydrogen-bond acceptors (Lipinski definition) is 9. The van der Waals surface area contributed by atoms with E-state index in [9.17, 15) is 33.6 Å². The first-order valence-electron chi connectivity index (χ1n) is 20.1. The second kappa shape index (κ2) is 20.7. The topological polar surface area (TPSA) is 193 Å². The van der Waals surface area contributed by atoms with Crippen LogP contribution in [0, 0.1) is 5.92 Å². The maximum atomic E-state index is 14.5. The number of carbonyl (C=O) groups is 7. The van der Waals surface area contributed by atoms with Crippen LogP contribution in [0.25, 0.3) is 0 Å². The first-order valence-corrected chi connectivity index (χ1v) is 20.1. The number of aryl methyl sites for hydroxylation is 1. The van der Waals surface area contributed by atoms with Crippen LogP contribution in [0.2, 0.25) is 0 Å².